The van der Waals surface area contributed by atoms with Crippen molar-refractivity contribution in [3.63, 3.8) is 0 Å². The highest BCUT2D eigenvalue weighted by molar-refractivity contribution is 6.41. The number of rotatable bonds is 3. The molecule has 1 atom stereocenters. The standard InChI is InChI=1S/C5H10BNO2/c1-5(2-3-7)4-6(8)9/h5,8-9H,2,4H2,1H3. The number of hydrogen-bond donors (Lipinski definition) is 2. The molecule has 0 amide bonds. The summed E-state index contributed by atoms with van der Waals surface area (Å²) in [5.41, 5.74) is 0. The van der Waals surface area contributed by atoms with Gasteiger partial charge in [0.05, 0.1) is 6.07 Å². The van der Waals surface area contributed by atoms with Crippen LogP contribution in [0.2, 0.25) is 6.32 Å². The summed E-state index contributed by atoms with van der Waals surface area (Å²) in [7, 11) is -1.27. The van der Waals surface area contributed by atoms with E-state index in [0.29, 0.717) is 6.42 Å². The molecule has 0 rings (SSSR count). The molecular formula is C5H10BNO2. The second kappa shape index (κ2) is 4.36. The Kier molecular flexibility index (Phi) is 4.11. The molecule has 0 radical (unpaired) electrons. The van der Waals surface area contributed by atoms with Crippen LogP contribution in [0.5, 0.6) is 0 Å². The van der Waals surface area contributed by atoms with E-state index >= 15 is 0 Å². The van der Waals surface area contributed by atoms with Gasteiger partial charge in [-0.1, -0.05) is 6.92 Å². The predicted molar refractivity (Wildman–Crippen MR) is 34.4 cm³/mol. The SMILES string of the molecule is CC(CC#N)CB(O)O. The molecule has 4 heteroatoms. The van der Waals surface area contributed by atoms with Crippen LogP contribution in [0.3, 0.4) is 0 Å². The Morgan fingerprint density at radius 1 is 1.67 bits per heavy atom. The van der Waals surface area contributed by atoms with Gasteiger partial charge >= 0.3 is 7.12 Å². The highest BCUT2D eigenvalue weighted by Gasteiger charge is 2.11. The van der Waals surface area contributed by atoms with E-state index in [9.17, 15) is 0 Å². The summed E-state index contributed by atoms with van der Waals surface area (Å²) in [6.45, 7) is 1.81. The molecule has 0 aromatic carbocycles. The maximum Gasteiger partial charge on any atom is 0.451 e. The first-order valence-electron chi connectivity index (χ1n) is 2.90. The molecule has 9 heavy (non-hydrogen) atoms. The average Bonchev–Trinajstić information content (AvgIpc) is 1.63. The van der Waals surface area contributed by atoms with Gasteiger partial charge in [-0.15, -0.1) is 0 Å². The Bertz CT molecular complexity index is 110. The van der Waals surface area contributed by atoms with Crippen molar-refractivity contribution in [1.82, 2.24) is 0 Å². The lowest BCUT2D eigenvalue weighted by atomic mass is 9.78. The highest BCUT2D eigenvalue weighted by Crippen LogP contribution is 2.07. The van der Waals surface area contributed by atoms with Crippen LogP contribution >= 0.6 is 0 Å². The summed E-state index contributed by atoms with van der Waals surface area (Å²) in [4.78, 5) is 0. The molecule has 0 spiro atoms. The van der Waals surface area contributed by atoms with E-state index in [-0.39, 0.29) is 12.2 Å². The zero-order valence-electron chi connectivity index (χ0n) is 5.41. The molecule has 0 aliphatic carbocycles. The molecule has 0 fully saturated rings. The largest absolute Gasteiger partial charge is 0.451 e. The first kappa shape index (κ1) is 8.47. The van der Waals surface area contributed by atoms with Gasteiger partial charge in [0.15, 0.2) is 0 Å². The van der Waals surface area contributed by atoms with Crippen LogP contribution < -0.4 is 0 Å². The van der Waals surface area contributed by atoms with Gasteiger partial charge in [-0.05, 0) is 12.2 Å². The average molecular weight is 127 g/mol. The van der Waals surface area contributed by atoms with Crippen molar-refractivity contribution >= 4 is 7.12 Å². The first-order valence-corrected chi connectivity index (χ1v) is 2.90. The summed E-state index contributed by atoms with van der Waals surface area (Å²) < 4.78 is 0. The fraction of sp³-hybridized carbons (Fsp3) is 0.800. The summed E-state index contributed by atoms with van der Waals surface area (Å²) in [6.07, 6.45) is 0.672. The number of nitrogens with zero attached hydrogens (tertiary/aromatic N) is 1. The second-order valence-electron chi connectivity index (χ2n) is 2.18. The van der Waals surface area contributed by atoms with Crippen molar-refractivity contribution in [2.24, 2.45) is 5.92 Å². The van der Waals surface area contributed by atoms with Crippen LogP contribution in [-0.2, 0) is 0 Å². The summed E-state index contributed by atoms with van der Waals surface area (Å²) in [6, 6.07) is 1.95. The van der Waals surface area contributed by atoms with Crippen LogP contribution in [0.4, 0.5) is 0 Å². The Morgan fingerprint density at radius 3 is 2.56 bits per heavy atom. The Morgan fingerprint density at radius 2 is 2.22 bits per heavy atom. The van der Waals surface area contributed by atoms with Crippen LogP contribution in [0, 0.1) is 17.2 Å². The van der Waals surface area contributed by atoms with E-state index in [0.717, 1.165) is 0 Å². The van der Waals surface area contributed by atoms with Crippen molar-refractivity contribution in [3.8, 4) is 6.07 Å². The monoisotopic (exact) mass is 127 g/mol. The van der Waals surface area contributed by atoms with E-state index in [1.807, 2.05) is 13.0 Å². The zero-order chi connectivity index (χ0) is 7.28. The predicted octanol–water partition coefficient (Wildman–Crippen LogP) is 0.00898. The minimum absolute atomic E-state index is 0.0787. The zero-order valence-corrected chi connectivity index (χ0v) is 5.41. The molecule has 0 aliphatic rings. The molecule has 0 aliphatic heterocycles. The van der Waals surface area contributed by atoms with Crippen molar-refractivity contribution < 1.29 is 10.0 Å². The third-order valence-electron chi connectivity index (χ3n) is 1.05. The van der Waals surface area contributed by atoms with Gasteiger partial charge in [0.1, 0.15) is 0 Å². The Labute approximate surface area is 55.1 Å². The normalized spacial score (nSPS) is 12.2. The van der Waals surface area contributed by atoms with Gasteiger partial charge in [0, 0.05) is 6.42 Å². The van der Waals surface area contributed by atoms with E-state index in [2.05, 4.69) is 0 Å². The van der Waals surface area contributed by atoms with Crippen LogP contribution in [0.1, 0.15) is 13.3 Å². The fourth-order valence-electron chi connectivity index (χ4n) is 0.599. The van der Waals surface area contributed by atoms with Crippen molar-refractivity contribution in [3.05, 3.63) is 0 Å². The number of hydrogen-bond acceptors (Lipinski definition) is 3. The third-order valence-corrected chi connectivity index (χ3v) is 1.05. The van der Waals surface area contributed by atoms with Crippen molar-refractivity contribution in [2.45, 2.75) is 19.7 Å². The van der Waals surface area contributed by atoms with Crippen LogP contribution in [0.25, 0.3) is 0 Å². The summed E-state index contributed by atoms with van der Waals surface area (Å²) in [5.74, 6) is 0.0787. The van der Waals surface area contributed by atoms with E-state index in [4.69, 9.17) is 15.3 Å². The van der Waals surface area contributed by atoms with Crippen molar-refractivity contribution in [1.29, 1.82) is 5.26 Å². The van der Waals surface area contributed by atoms with Gasteiger partial charge in [-0.2, -0.15) is 5.26 Å². The molecule has 0 saturated heterocycles. The quantitative estimate of drug-likeness (QED) is 0.524. The number of nitriles is 1. The van der Waals surface area contributed by atoms with Gasteiger partial charge in [0.25, 0.3) is 0 Å². The smallest absolute Gasteiger partial charge is 0.427 e. The maximum absolute atomic E-state index is 8.40. The minimum Gasteiger partial charge on any atom is -0.427 e. The summed E-state index contributed by atoms with van der Waals surface area (Å²) in [5, 5.41) is 24.9. The first-order chi connectivity index (χ1) is 4.16. The highest BCUT2D eigenvalue weighted by atomic mass is 16.4. The molecule has 0 saturated carbocycles. The molecule has 0 aromatic heterocycles. The molecule has 0 bridgehead atoms. The summed E-state index contributed by atoms with van der Waals surface area (Å²) >= 11 is 0. The van der Waals surface area contributed by atoms with Gasteiger partial charge < -0.3 is 10.0 Å². The van der Waals surface area contributed by atoms with Gasteiger partial charge in [-0.3, -0.25) is 0 Å². The third kappa shape index (κ3) is 5.34. The molecule has 2 N–H and O–H groups in total. The topological polar surface area (TPSA) is 64.2 Å². The lowest BCUT2D eigenvalue weighted by Gasteiger charge is -2.03. The van der Waals surface area contributed by atoms with E-state index in [1.54, 1.807) is 0 Å². The molecule has 1 unspecified atom stereocenters. The van der Waals surface area contributed by atoms with E-state index in [1.165, 1.54) is 0 Å². The Hall–Kier alpha value is -0.525. The van der Waals surface area contributed by atoms with Gasteiger partial charge in [-0.25, -0.2) is 0 Å². The van der Waals surface area contributed by atoms with Crippen molar-refractivity contribution in [2.75, 3.05) is 0 Å². The lowest BCUT2D eigenvalue weighted by Crippen LogP contribution is -2.14. The maximum atomic E-state index is 8.40. The lowest BCUT2D eigenvalue weighted by molar-refractivity contribution is 0.391. The fourth-order valence-corrected chi connectivity index (χ4v) is 0.599. The second-order valence-corrected chi connectivity index (χ2v) is 2.18. The minimum atomic E-state index is -1.27. The van der Waals surface area contributed by atoms with Crippen LogP contribution in [-0.4, -0.2) is 17.2 Å². The van der Waals surface area contributed by atoms with Crippen LogP contribution in [0.15, 0.2) is 0 Å². The molecule has 0 heterocycles. The van der Waals surface area contributed by atoms with E-state index < -0.39 is 7.12 Å². The molecule has 0 aromatic rings. The Balaban J connectivity index is 3.29. The molecule has 50 valence electrons. The van der Waals surface area contributed by atoms with Gasteiger partial charge in [0.2, 0.25) is 0 Å². The molecular weight excluding hydrogens is 117 g/mol. The molecule has 3 nitrogen and oxygen atoms in total.